The topological polar surface area (TPSA) is 287 Å². The van der Waals surface area contributed by atoms with Gasteiger partial charge in [-0.05, 0) is 104 Å². The molecule has 1 saturated heterocycles. The number of anilines is 1. The maximum Gasteiger partial charge on any atom is 1.00 e. The monoisotopic (exact) mass is 1060 g/mol. The minimum Gasteiger partial charge on any atom is -1.00 e. The van der Waals surface area contributed by atoms with Gasteiger partial charge in [-0.3, -0.25) is 27.8 Å². The number of nitrogens with zero attached hydrogens (tertiary/aromatic N) is 3. The predicted molar refractivity (Wildman–Crippen MR) is 255 cm³/mol. The van der Waals surface area contributed by atoms with Crippen LogP contribution in [0.4, 0.5) is 11.4 Å². The van der Waals surface area contributed by atoms with Crippen LogP contribution in [0.5, 0.6) is 0 Å². The van der Waals surface area contributed by atoms with Crippen molar-refractivity contribution >= 4 is 80.9 Å². The van der Waals surface area contributed by atoms with Gasteiger partial charge in [-0.1, -0.05) is 44.2 Å². The molecule has 19 nitrogen and oxygen atoms in total. The van der Waals surface area contributed by atoms with Crippen molar-refractivity contribution in [2.75, 3.05) is 29.5 Å². The normalized spacial score (nSPS) is 17.7. The van der Waals surface area contributed by atoms with Crippen molar-refractivity contribution in [3.8, 4) is 0 Å². The first-order valence-electron chi connectivity index (χ1n) is 21.8. The second-order valence-electron chi connectivity index (χ2n) is 18.0. The number of allylic oxidation sites excluding steroid dienone is 6. The number of rotatable bonds is 20. The first kappa shape index (κ1) is 56.5. The van der Waals surface area contributed by atoms with Gasteiger partial charge in [0.1, 0.15) is 6.54 Å². The van der Waals surface area contributed by atoms with Gasteiger partial charge in [0.2, 0.25) is 5.69 Å². The van der Waals surface area contributed by atoms with E-state index >= 15 is 0 Å². The summed E-state index contributed by atoms with van der Waals surface area (Å²) in [6.45, 7) is 7.47. The number of hydrogen-bond donors (Lipinski definition) is 4. The summed E-state index contributed by atoms with van der Waals surface area (Å²) in [5.74, 6) is -2.99. The fourth-order valence-electron chi connectivity index (χ4n) is 8.82. The second-order valence-corrected chi connectivity index (χ2v) is 24.0. The van der Waals surface area contributed by atoms with Gasteiger partial charge in [0, 0.05) is 66.7 Å². The van der Waals surface area contributed by atoms with Gasteiger partial charge in [-0.2, -0.15) is 38.2 Å². The molecule has 1 fully saturated rings. The number of aryl methyl sites for hydroxylation is 1. The van der Waals surface area contributed by atoms with Gasteiger partial charge in [0.25, 0.3) is 52.3 Å². The molecule has 70 heavy (non-hydrogen) atoms. The van der Waals surface area contributed by atoms with Crippen LogP contribution in [-0.2, 0) is 76.9 Å². The average Bonchev–Trinajstić information content (AvgIpc) is 3.75. The van der Waals surface area contributed by atoms with Crippen LogP contribution in [-0.4, -0.2) is 110 Å². The molecule has 0 aliphatic carbocycles. The van der Waals surface area contributed by atoms with Crippen LogP contribution in [0, 0.1) is 0 Å². The molecule has 4 N–H and O–H groups in total. The summed E-state index contributed by atoms with van der Waals surface area (Å²) in [5.41, 5.74) is 3.53. The molecule has 3 aliphatic heterocycles. The van der Waals surface area contributed by atoms with E-state index in [1.807, 2.05) is 52.0 Å². The number of carbonyl (C=O) groups excluding carboxylic acids is 3. The third-order valence-corrected chi connectivity index (χ3v) is 15.6. The zero-order valence-electron chi connectivity index (χ0n) is 40.2. The van der Waals surface area contributed by atoms with Crippen molar-refractivity contribution < 1.29 is 107 Å². The molecule has 0 radical (unpaired) electrons. The van der Waals surface area contributed by atoms with Crippen LogP contribution in [0.25, 0.3) is 5.57 Å². The van der Waals surface area contributed by atoms with Crippen molar-refractivity contribution in [3.63, 3.8) is 0 Å². The van der Waals surface area contributed by atoms with Crippen molar-refractivity contribution in [3.05, 3.63) is 113 Å². The van der Waals surface area contributed by atoms with Crippen molar-refractivity contribution in [2.24, 2.45) is 0 Å². The molecule has 0 unspecified atom stereocenters. The number of unbranched alkanes of at least 4 members (excludes halogenated alkanes) is 1. The van der Waals surface area contributed by atoms with E-state index in [1.165, 1.54) is 36.4 Å². The zero-order valence-corrected chi connectivity index (χ0v) is 44.5. The minimum atomic E-state index is -4.62. The molecule has 2 amide bonds. The van der Waals surface area contributed by atoms with Crippen LogP contribution in [0.1, 0.15) is 96.3 Å². The maximum atomic E-state index is 12.5. The van der Waals surface area contributed by atoms with Gasteiger partial charge in [-0.25, -0.2) is 4.79 Å². The molecular formula is C46H55N3NaO16S4+. The van der Waals surface area contributed by atoms with Crippen molar-refractivity contribution in [1.82, 2.24) is 5.06 Å². The summed E-state index contributed by atoms with van der Waals surface area (Å²) in [6, 6.07) is 15.7. The van der Waals surface area contributed by atoms with E-state index in [1.54, 1.807) is 33.8 Å². The Morgan fingerprint density at radius 2 is 1.36 bits per heavy atom. The Morgan fingerprint density at radius 3 is 1.97 bits per heavy atom. The molecular weight excluding hydrogens is 1000 g/mol. The molecule has 3 heterocycles. The maximum absolute atomic E-state index is 12.5. The van der Waals surface area contributed by atoms with Crippen LogP contribution < -0.4 is 34.5 Å². The van der Waals surface area contributed by atoms with Gasteiger partial charge in [-0.15, -0.1) is 5.06 Å². The van der Waals surface area contributed by atoms with Crippen LogP contribution in [0.15, 0.2) is 100 Å². The number of fused-ring (bicyclic) bond motifs is 2. The molecule has 3 aliphatic rings. The Hall–Kier alpha value is -4.40. The van der Waals surface area contributed by atoms with Crippen LogP contribution in [0.2, 0.25) is 0 Å². The van der Waals surface area contributed by atoms with Crippen molar-refractivity contribution in [1.29, 1.82) is 0 Å². The van der Waals surface area contributed by atoms with Gasteiger partial charge in [0.05, 0.1) is 26.7 Å². The molecule has 374 valence electrons. The molecule has 6 rings (SSSR count). The summed E-state index contributed by atoms with van der Waals surface area (Å²) in [4.78, 5) is 42.4. The Labute approximate surface area is 431 Å². The summed E-state index contributed by atoms with van der Waals surface area (Å²) < 4.78 is 137. The number of amides is 2. The molecule has 0 atom stereocenters. The largest absolute Gasteiger partial charge is 1.00 e. The fourth-order valence-corrected chi connectivity index (χ4v) is 10.8. The Kier molecular flexibility index (Phi) is 17.6. The first-order valence-corrected chi connectivity index (χ1v) is 27.9. The number of carbonyl (C=O) groups is 3. The molecule has 0 bridgehead atoms. The van der Waals surface area contributed by atoms with E-state index in [9.17, 15) is 66.3 Å². The summed E-state index contributed by atoms with van der Waals surface area (Å²) in [6.07, 6.45) is 8.42. The Morgan fingerprint density at radius 1 is 0.757 bits per heavy atom. The average molecular weight is 1060 g/mol. The number of imide groups is 1. The smallest absolute Gasteiger partial charge is 1.00 e. The number of hydroxylamine groups is 2. The molecule has 0 saturated carbocycles. The van der Waals surface area contributed by atoms with Gasteiger partial charge in [0.15, 0.2) is 5.71 Å². The van der Waals surface area contributed by atoms with E-state index < -0.39 is 80.6 Å². The summed E-state index contributed by atoms with van der Waals surface area (Å²) in [5, 5.41) is 0.503. The van der Waals surface area contributed by atoms with E-state index in [2.05, 4.69) is 0 Å². The first-order chi connectivity index (χ1) is 32.0. The molecule has 3 aromatic carbocycles. The zero-order chi connectivity index (χ0) is 50.9. The molecule has 0 aromatic heterocycles. The van der Waals surface area contributed by atoms with Gasteiger partial charge >= 0.3 is 35.5 Å². The fraction of sp³-hybridized carbons (Fsp3) is 0.391. The van der Waals surface area contributed by atoms with E-state index in [0.717, 1.165) is 5.56 Å². The number of benzene rings is 3. The molecule has 3 aromatic rings. The molecule has 0 spiro atoms. The quantitative estimate of drug-likeness (QED) is 0.0316. The standard InChI is InChI=1S/C46H53N3O16S4.Na.H/c1-45(2)36-29-34(68(59,60)61)16-18-38(36)47(24-8-26-66(53,54)55)40(45)20-14-32(33-12-7-11-31(28-33)10-5-6-13-44(52)65-49-42(50)22-23-43(49)51)15-21-41-46(3,4)37-30-35(69(62,63)64)17-19-39(37)48(41)25-9-27-67(56,57)58;;/h7,11-12,14-21,28-30H,5-6,8-10,13,22-27H2,1-4H3,(H3-,53,54,55,56,57,58,59,60,61,62,63,64);;/q;+1;-1/p+1. The van der Waals surface area contributed by atoms with E-state index in [4.69, 9.17) is 4.84 Å². The summed E-state index contributed by atoms with van der Waals surface area (Å²) in [7, 11) is -17.9. The Bertz CT molecular complexity index is 3170. The van der Waals surface area contributed by atoms with E-state index in [0.29, 0.717) is 69.4 Å². The number of hydrogen-bond acceptors (Lipinski definition) is 13. The Balaban J connectivity index is 0.00000548. The molecule has 24 heteroatoms. The third kappa shape index (κ3) is 13.6. The summed E-state index contributed by atoms with van der Waals surface area (Å²) >= 11 is 0. The minimum absolute atomic E-state index is 0. The predicted octanol–water partition coefficient (Wildman–Crippen LogP) is 2.87. The third-order valence-electron chi connectivity index (χ3n) is 12.3. The van der Waals surface area contributed by atoms with Crippen LogP contribution in [0.3, 0.4) is 0 Å². The van der Waals surface area contributed by atoms with E-state index in [-0.39, 0.29) is 86.0 Å². The van der Waals surface area contributed by atoms with Crippen LogP contribution >= 0.6 is 0 Å². The van der Waals surface area contributed by atoms with Gasteiger partial charge < -0.3 is 11.2 Å². The second kappa shape index (κ2) is 21.8. The SMILES string of the molecule is CC1(C)C(/C=C/C(=C/C=C2/N(CCCS(=O)(=O)O)c3ccc(S(=O)(=O)O)cc3C2(C)C)c2cccc(CCCCC(=O)ON3C(=O)CCC3=O)c2)=[N+](CCCS(=O)(=O)O)c2ccc(S(=O)(=O)O)cc21.[H-].[Na+]. The van der Waals surface area contributed by atoms with Crippen molar-refractivity contribution in [2.45, 2.75) is 99.7 Å².